The monoisotopic (exact) mass is 230 g/mol. The Bertz CT molecular complexity index is 236. The number of allylic oxidation sites excluding steroid dienone is 1. The van der Waals surface area contributed by atoms with Crippen LogP contribution in [0.15, 0.2) is 12.2 Å². The van der Waals surface area contributed by atoms with Gasteiger partial charge in [-0.25, -0.2) is 4.79 Å². The molecule has 0 fully saturated rings. The molecule has 1 atom stereocenters. The van der Waals surface area contributed by atoms with E-state index in [1.54, 1.807) is 0 Å². The van der Waals surface area contributed by atoms with Crippen LogP contribution < -0.4 is 0 Å². The topological polar surface area (TPSA) is 57.5 Å². The van der Waals surface area contributed by atoms with E-state index in [0.717, 1.165) is 12.8 Å². The number of aliphatic carboxylic acids is 1. The first-order valence-corrected chi connectivity index (χ1v) is 5.74. The molecule has 0 aromatic carbocycles. The minimum atomic E-state index is -0.835. The second-order valence-electron chi connectivity index (χ2n) is 4.82. The molecule has 0 aliphatic heterocycles. The van der Waals surface area contributed by atoms with Crippen molar-refractivity contribution in [3.05, 3.63) is 12.2 Å². The van der Waals surface area contributed by atoms with E-state index in [9.17, 15) is 9.90 Å². The van der Waals surface area contributed by atoms with E-state index in [1.165, 1.54) is 0 Å². The fraction of sp³-hybridized carbons (Fsp3) is 0.750. The number of unbranched alkanes of at least 4 members (excludes halogenated alkanes) is 1. The summed E-state index contributed by atoms with van der Waals surface area (Å²) in [5, 5.41) is 18.4. The van der Waals surface area contributed by atoms with Gasteiger partial charge in [-0.1, -0.05) is 25.5 Å². The molecule has 16 heavy (non-hydrogen) atoms. The Labute approximate surface area is 97.8 Å². The molecule has 0 spiro atoms. The second-order valence-corrected chi connectivity index (χ2v) is 4.82. The van der Waals surface area contributed by atoms with Crippen molar-refractivity contribution in [1.29, 1.82) is 0 Å². The van der Waals surface area contributed by atoms with Gasteiger partial charge in [-0.3, -0.25) is 0 Å². The first-order chi connectivity index (χ1) is 7.37. The normalized spacial score (nSPS) is 14.2. The summed E-state index contributed by atoms with van der Waals surface area (Å²) in [6.45, 7) is 2.60. The van der Waals surface area contributed by atoms with Crippen molar-refractivity contribution < 1.29 is 19.5 Å². The predicted octanol–water partition coefficient (Wildman–Crippen LogP) is 1.25. The molecule has 0 bridgehead atoms. The summed E-state index contributed by atoms with van der Waals surface area (Å²) in [4.78, 5) is 10.6. The summed E-state index contributed by atoms with van der Waals surface area (Å²) in [5.74, 6) is -0.835. The van der Waals surface area contributed by atoms with Crippen molar-refractivity contribution in [3.63, 3.8) is 0 Å². The first kappa shape index (κ1) is 15.1. The summed E-state index contributed by atoms with van der Waals surface area (Å²) >= 11 is 0. The Morgan fingerprint density at radius 3 is 2.50 bits per heavy atom. The number of nitrogens with zero attached hydrogens (tertiary/aromatic N) is 1. The summed E-state index contributed by atoms with van der Waals surface area (Å²) in [6.07, 6.45) is 6.28. The molecule has 0 aromatic heterocycles. The first-order valence-electron chi connectivity index (χ1n) is 5.74. The van der Waals surface area contributed by atoms with Gasteiger partial charge in [0.1, 0.15) is 12.6 Å². The van der Waals surface area contributed by atoms with Crippen molar-refractivity contribution in [3.8, 4) is 0 Å². The molecule has 0 saturated carbocycles. The molecule has 94 valence electrons. The lowest BCUT2D eigenvalue weighted by Crippen LogP contribution is -2.48. The maximum atomic E-state index is 10.6. The lowest BCUT2D eigenvalue weighted by atomic mass is 10.2. The Hall–Kier alpha value is -0.870. The van der Waals surface area contributed by atoms with Crippen molar-refractivity contribution in [2.45, 2.75) is 32.3 Å². The summed E-state index contributed by atoms with van der Waals surface area (Å²) < 4.78 is 0.304. The molecule has 0 amide bonds. The number of hydrogen-bond acceptors (Lipinski definition) is 2. The number of aliphatic hydroxyl groups excluding tert-OH is 1. The van der Waals surface area contributed by atoms with Gasteiger partial charge in [0.15, 0.2) is 6.54 Å². The van der Waals surface area contributed by atoms with Crippen molar-refractivity contribution in [2.75, 3.05) is 27.2 Å². The highest BCUT2D eigenvalue weighted by atomic mass is 16.4. The minimum Gasteiger partial charge on any atom is -0.477 e. The molecule has 4 nitrogen and oxygen atoms in total. The third-order valence-corrected chi connectivity index (χ3v) is 2.30. The van der Waals surface area contributed by atoms with Crippen LogP contribution in [0.1, 0.15) is 26.2 Å². The summed E-state index contributed by atoms with van der Waals surface area (Å²) in [5.41, 5.74) is 0. The van der Waals surface area contributed by atoms with Crippen LogP contribution in [-0.2, 0) is 4.79 Å². The van der Waals surface area contributed by atoms with Gasteiger partial charge in [-0.15, -0.1) is 0 Å². The number of hydrogen-bond donors (Lipinski definition) is 2. The van der Waals surface area contributed by atoms with Gasteiger partial charge in [0.2, 0.25) is 0 Å². The van der Waals surface area contributed by atoms with Crippen molar-refractivity contribution in [1.82, 2.24) is 0 Å². The molecule has 0 aliphatic carbocycles. The number of carbonyl (C=O) groups is 1. The zero-order chi connectivity index (χ0) is 12.6. The standard InChI is InChI=1S/C12H23NO3/c1-4-5-6-7-8-11(14)9-13(2,3)10-12(15)16/h6-7,11,14H,4-5,8-10H2,1-3H3/p+1/b7-6+. The average Bonchev–Trinajstić information content (AvgIpc) is 2.09. The van der Waals surface area contributed by atoms with Gasteiger partial charge >= 0.3 is 5.97 Å². The van der Waals surface area contributed by atoms with E-state index in [-0.39, 0.29) is 6.54 Å². The molecule has 4 heteroatoms. The number of rotatable bonds is 8. The minimum absolute atomic E-state index is 0.0374. The van der Waals surface area contributed by atoms with Crippen molar-refractivity contribution in [2.24, 2.45) is 0 Å². The quantitative estimate of drug-likeness (QED) is 0.487. The van der Waals surface area contributed by atoms with Gasteiger partial charge in [-0.05, 0) is 12.8 Å². The molecule has 2 N–H and O–H groups in total. The largest absolute Gasteiger partial charge is 0.477 e. The number of quaternary nitrogens is 1. The molecular formula is C12H24NO3+. The number of aliphatic hydroxyl groups is 1. The van der Waals surface area contributed by atoms with Crippen LogP contribution in [0.25, 0.3) is 0 Å². The van der Waals surface area contributed by atoms with E-state index in [1.807, 2.05) is 20.2 Å². The SMILES string of the molecule is CCC/C=C/CC(O)C[N+](C)(C)CC(=O)O. The van der Waals surface area contributed by atoms with Crippen LogP contribution >= 0.6 is 0 Å². The summed E-state index contributed by atoms with van der Waals surface area (Å²) in [7, 11) is 3.63. The number of carboxylic acids is 1. The fourth-order valence-electron chi connectivity index (χ4n) is 1.61. The lowest BCUT2D eigenvalue weighted by molar-refractivity contribution is -0.886. The van der Waals surface area contributed by atoms with Gasteiger partial charge in [0.05, 0.1) is 14.1 Å². The second kappa shape index (κ2) is 7.41. The highest BCUT2D eigenvalue weighted by Gasteiger charge is 2.22. The van der Waals surface area contributed by atoms with Crippen LogP contribution in [0.3, 0.4) is 0 Å². The fourth-order valence-corrected chi connectivity index (χ4v) is 1.61. The number of carboxylic acid groups (broad SMARTS) is 1. The van der Waals surface area contributed by atoms with E-state index in [2.05, 4.69) is 13.0 Å². The molecule has 0 aromatic rings. The smallest absolute Gasteiger partial charge is 0.359 e. The van der Waals surface area contributed by atoms with Crippen LogP contribution in [0.5, 0.6) is 0 Å². The molecule has 1 unspecified atom stereocenters. The van der Waals surface area contributed by atoms with Crippen molar-refractivity contribution >= 4 is 5.97 Å². The van der Waals surface area contributed by atoms with E-state index in [4.69, 9.17) is 5.11 Å². The Morgan fingerprint density at radius 2 is 2.00 bits per heavy atom. The van der Waals surface area contributed by atoms with Crippen LogP contribution in [0, 0.1) is 0 Å². The Morgan fingerprint density at radius 1 is 1.38 bits per heavy atom. The van der Waals surface area contributed by atoms with Gasteiger partial charge < -0.3 is 14.7 Å². The maximum absolute atomic E-state index is 10.6. The van der Waals surface area contributed by atoms with E-state index < -0.39 is 12.1 Å². The molecule has 0 aliphatic rings. The maximum Gasteiger partial charge on any atom is 0.359 e. The van der Waals surface area contributed by atoms with Gasteiger partial charge in [0, 0.05) is 0 Å². The lowest BCUT2D eigenvalue weighted by Gasteiger charge is -2.29. The van der Waals surface area contributed by atoms with Gasteiger partial charge in [-0.2, -0.15) is 0 Å². The summed E-state index contributed by atoms with van der Waals surface area (Å²) in [6, 6.07) is 0. The molecule has 0 saturated heterocycles. The van der Waals surface area contributed by atoms with E-state index in [0.29, 0.717) is 17.4 Å². The third kappa shape index (κ3) is 8.44. The van der Waals surface area contributed by atoms with Crippen LogP contribution in [0.4, 0.5) is 0 Å². The van der Waals surface area contributed by atoms with Crippen LogP contribution in [0.2, 0.25) is 0 Å². The molecule has 0 radical (unpaired) electrons. The zero-order valence-corrected chi connectivity index (χ0v) is 10.5. The van der Waals surface area contributed by atoms with Crippen LogP contribution in [-0.4, -0.2) is 54.0 Å². The average molecular weight is 230 g/mol. The zero-order valence-electron chi connectivity index (χ0n) is 10.5. The Kier molecular flexibility index (Phi) is 7.01. The van der Waals surface area contributed by atoms with Gasteiger partial charge in [0.25, 0.3) is 0 Å². The predicted molar refractivity (Wildman–Crippen MR) is 64.2 cm³/mol. The molecule has 0 heterocycles. The molecule has 0 rings (SSSR count). The number of likely N-dealkylation sites (N-methyl/N-ethyl adjacent to an activating group) is 1. The third-order valence-electron chi connectivity index (χ3n) is 2.30. The highest BCUT2D eigenvalue weighted by molar-refractivity contribution is 5.67. The Balaban J connectivity index is 3.93. The van der Waals surface area contributed by atoms with E-state index >= 15 is 0 Å². The highest BCUT2D eigenvalue weighted by Crippen LogP contribution is 2.04. The molecular weight excluding hydrogens is 206 g/mol.